The highest BCUT2D eigenvalue weighted by molar-refractivity contribution is 6.30. The molecule has 2 nitrogen and oxygen atoms in total. The molecule has 0 atom stereocenters. The Morgan fingerprint density at radius 3 is 2.36 bits per heavy atom. The number of alkyl halides is 3. The van der Waals surface area contributed by atoms with Crippen LogP contribution in [0.1, 0.15) is 5.82 Å². The van der Waals surface area contributed by atoms with Gasteiger partial charge in [0.2, 0.25) is 5.82 Å². The molecule has 0 aromatic carbocycles. The molecule has 0 fully saturated rings. The summed E-state index contributed by atoms with van der Waals surface area (Å²) >= 11 is 0. The van der Waals surface area contributed by atoms with Crippen molar-refractivity contribution in [1.82, 2.24) is 9.97 Å². The van der Waals surface area contributed by atoms with Crippen LogP contribution in [0.3, 0.4) is 0 Å². The number of aromatic nitrogens is 2. The van der Waals surface area contributed by atoms with E-state index in [2.05, 4.69) is 9.97 Å². The summed E-state index contributed by atoms with van der Waals surface area (Å²) in [5, 5.41) is 0. The summed E-state index contributed by atoms with van der Waals surface area (Å²) in [4.78, 5) is 5.98. The molecule has 1 aromatic heterocycles. The van der Waals surface area contributed by atoms with E-state index in [4.69, 9.17) is 7.85 Å². The first-order valence-electron chi connectivity index (χ1n) is 2.66. The van der Waals surface area contributed by atoms with E-state index in [9.17, 15) is 13.2 Å². The van der Waals surface area contributed by atoms with E-state index >= 15 is 0 Å². The first-order valence-corrected chi connectivity index (χ1v) is 2.66. The fourth-order valence-corrected chi connectivity index (χ4v) is 0.509. The normalized spacial score (nSPS) is 11.5. The Bertz CT molecular complexity index is 260. The van der Waals surface area contributed by atoms with Crippen LogP contribution < -0.4 is 5.59 Å². The van der Waals surface area contributed by atoms with Crippen molar-refractivity contribution in [2.75, 3.05) is 0 Å². The standard InChI is InChI=1S/C5H2BF3N2/c6-3-1-2-10-4(11-3)5(7,8)9/h1-2H. The van der Waals surface area contributed by atoms with Crippen molar-refractivity contribution in [1.29, 1.82) is 0 Å². The largest absolute Gasteiger partial charge is 0.451 e. The summed E-state index contributed by atoms with van der Waals surface area (Å²) in [5.41, 5.74) is -0.188. The van der Waals surface area contributed by atoms with Gasteiger partial charge in [-0.15, -0.1) is 0 Å². The molecule has 0 aliphatic rings. The minimum absolute atomic E-state index is 0.188. The van der Waals surface area contributed by atoms with Crippen LogP contribution in [0.4, 0.5) is 13.2 Å². The molecule has 0 saturated carbocycles. The van der Waals surface area contributed by atoms with Crippen LogP contribution in [-0.2, 0) is 6.18 Å². The summed E-state index contributed by atoms with van der Waals surface area (Å²) < 4.78 is 35.4. The van der Waals surface area contributed by atoms with E-state index in [0.717, 1.165) is 6.20 Å². The fourth-order valence-electron chi connectivity index (χ4n) is 0.509. The molecule has 1 aromatic rings. The minimum Gasteiger partial charge on any atom is -0.241 e. The summed E-state index contributed by atoms with van der Waals surface area (Å²) in [5.74, 6) is -1.21. The maximum absolute atomic E-state index is 11.8. The number of halogens is 3. The van der Waals surface area contributed by atoms with Gasteiger partial charge in [-0.2, -0.15) is 13.2 Å². The molecule has 0 aliphatic carbocycles. The van der Waals surface area contributed by atoms with Gasteiger partial charge in [0.1, 0.15) is 7.85 Å². The van der Waals surface area contributed by atoms with E-state index in [1.807, 2.05) is 0 Å². The summed E-state index contributed by atoms with van der Waals surface area (Å²) in [6.07, 6.45) is -3.56. The van der Waals surface area contributed by atoms with Crippen LogP contribution in [0.25, 0.3) is 0 Å². The van der Waals surface area contributed by atoms with Gasteiger partial charge in [0.25, 0.3) is 0 Å². The number of rotatable bonds is 0. The number of hydrogen-bond donors (Lipinski definition) is 0. The molecule has 0 aliphatic heterocycles. The molecule has 0 saturated heterocycles. The number of hydrogen-bond acceptors (Lipinski definition) is 2. The highest BCUT2D eigenvalue weighted by atomic mass is 19.4. The van der Waals surface area contributed by atoms with Crippen molar-refractivity contribution in [3.05, 3.63) is 18.1 Å². The van der Waals surface area contributed by atoms with Gasteiger partial charge in [-0.05, 0) is 11.7 Å². The first kappa shape index (κ1) is 8.04. The molecular formula is C5H2BF3N2. The van der Waals surface area contributed by atoms with Gasteiger partial charge < -0.3 is 0 Å². The van der Waals surface area contributed by atoms with Crippen LogP contribution in [0.5, 0.6) is 0 Å². The average Bonchev–Trinajstić information content (AvgIpc) is 1.86. The zero-order valence-electron chi connectivity index (χ0n) is 5.26. The molecule has 0 N–H and O–H groups in total. The Balaban J connectivity index is 3.06. The topological polar surface area (TPSA) is 25.8 Å². The molecule has 0 spiro atoms. The number of nitrogens with zero attached hydrogens (tertiary/aromatic N) is 2. The molecule has 11 heavy (non-hydrogen) atoms. The van der Waals surface area contributed by atoms with Crippen molar-refractivity contribution in [3.63, 3.8) is 0 Å². The predicted molar refractivity (Wildman–Crippen MR) is 32.4 cm³/mol. The van der Waals surface area contributed by atoms with Crippen LogP contribution in [-0.4, -0.2) is 17.8 Å². The molecule has 0 bridgehead atoms. The molecular weight excluding hydrogens is 156 g/mol. The monoisotopic (exact) mass is 158 g/mol. The van der Waals surface area contributed by atoms with Crippen molar-refractivity contribution in [2.24, 2.45) is 0 Å². The lowest BCUT2D eigenvalue weighted by atomic mass is 10.1. The lowest BCUT2D eigenvalue weighted by Gasteiger charge is -2.03. The zero-order chi connectivity index (χ0) is 8.48. The average molecular weight is 158 g/mol. The summed E-state index contributed by atoms with van der Waals surface area (Å²) in [7, 11) is 5.00. The van der Waals surface area contributed by atoms with Crippen molar-refractivity contribution < 1.29 is 13.2 Å². The Morgan fingerprint density at radius 1 is 1.36 bits per heavy atom. The summed E-state index contributed by atoms with van der Waals surface area (Å²) in [6.45, 7) is 0. The van der Waals surface area contributed by atoms with Crippen LogP contribution in [0.15, 0.2) is 12.3 Å². The Hall–Kier alpha value is -1.07. The fraction of sp³-hybridized carbons (Fsp3) is 0.200. The SMILES string of the molecule is [B]c1ccnc(C(F)(F)F)n1. The Labute approximate surface area is 61.9 Å². The van der Waals surface area contributed by atoms with Gasteiger partial charge >= 0.3 is 6.18 Å². The predicted octanol–water partition coefficient (Wildman–Crippen LogP) is 0.289. The van der Waals surface area contributed by atoms with Crippen molar-refractivity contribution >= 4 is 13.4 Å². The summed E-state index contributed by atoms with van der Waals surface area (Å²) in [6, 6.07) is 1.19. The molecule has 56 valence electrons. The van der Waals surface area contributed by atoms with Crippen molar-refractivity contribution in [3.8, 4) is 0 Å². The highest BCUT2D eigenvalue weighted by Crippen LogP contribution is 2.24. The maximum atomic E-state index is 11.8. The van der Waals surface area contributed by atoms with Crippen LogP contribution >= 0.6 is 0 Å². The Kier molecular flexibility index (Phi) is 1.84. The Morgan fingerprint density at radius 2 is 2.00 bits per heavy atom. The molecule has 2 radical (unpaired) electrons. The second-order valence-electron chi connectivity index (χ2n) is 1.80. The van der Waals surface area contributed by atoms with E-state index in [1.165, 1.54) is 6.07 Å². The third kappa shape index (κ3) is 1.93. The maximum Gasteiger partial charge on any atom is 0.451 e. The van der Waals surface area contributed by atoms with E-state index in [1.54, 1.807) is 0 Å². The second-order valence-corrected chi connectivity index (χ2v) is 1.80. The zero-order valence-corrected chi connectivity index (χ0v) is 5.26. The van der Waals surface area contributed by atoms with Crippen molar-refractivity contribution in [2.45, 2.75) is 6.18 Å². The molecule has 0 amide bonds. The third-order valence-electron chi connectivity index (χ3n) is 0.931. The van der Waals surface area contributed by atoms with E-state index in [-0.39, 0.29) is 5.59 Å². The van der Waals surface area contributed by atoms with E-state index in [0.29, 0.717) is 0 Å². The second kappa shape index (κ2) is 2.52. The quantitative estimate of drug-likeness (QED) is 0.507. The van der Waals surface area contributed by atoms with Gasteiger partial charge in [0.05, 0.1) is 0 Å². The van der Waals surface area contributed by atoms with Crippen LogP contribution in [0.2, 0.25) is 0 Å². The van der Waals surface area contributed by atoms with E-state index < -0.39 is 12.0 Å². The molecule has 0 unspecified atom stereocenters. The lowest BCUT2D eigenvalue weighted by molar-refractivity contribution is -0.144. The smallest absolute Gasteiger partial charge is 0.241 e. The van der Waals surface area contributed by atoms with Crippen LogP contribution in [0, 0.1) is 0 Å². The molecule has 6 heteroatoms. The van der Waals surface area contributed by atoms with Gasteiger partial charge in [-0.3, -0.25) is 0 Å². The highest BCUT2D eigenvalue weighted by Gasteiger charge is 2.34. The van der Waals surface area contributed by atoms with Gasteiger partial charge in [-0.1, -0.05) is 0 Å². The van der Waals surface area contributed by atoms with Gasteiger partial charge in [0, 0.05) is 6.20 Å². The molecule has 1 heterocycles. The minimum atomic E-state index is -4.52. The van der Waals surface area contributed by atoms with Gasteiger partial charge in [-0.25, -0.2) is 9.97 Å². The molecule has 1 rings (SSSR count). The first-order chi connectivity index (χ1) is 5.00. The van der Waals surface area contributed by atoms with Gasteiger partial charge in [0.15, 0.2) is 0 Å². The third-order valence-corrected chi connectivity index (χ3v) is 0.931. The lowest BCUT2D eigenvalue weighted by Crippen LogP contribution is -2.18.